The van der Waals surface area contributed by atoms with Gasteiger partial charge in [-0.3, -0.25) is 14.4 Å². The SMILES string of the molecule is CON(C)S(=O)(=O)c1cc(C(=O)Nc2ccccc2SC(=O)N(C)C)ccc1Cl. The van der Waals surface area contributed by atoms with E-state index in [0.29, 0.717) is 15.1 Å². The van der Waals surface area contributed by atoms with E-state index in [1.165, 1.54) is 37.3 Å². The molecule has 0 heterocycles. The van der Waals surface area contributed by atoms with Gasteiger partial charge in [-0.2, -0.15) is 0 Å². The van der Waals surface area contributed by atoms with Crippen LogP contribution < -0.4 is 5.32 Å². The molecule has 0 fully saturated rings. The number of sulfonamides is 1. The van der Waals surface area contributed by atoms with E-state index in [2.05, 4.69) is 5.32 Å². The number of halogens is 1. The van der Waals surface area contributed by atoms with Crippen molar-refractivity contribution in [2.75, 3.05) is 33.6 Å². The standard InChI is InChI=1S/C18H20ClN3O5S2/c1-21(2)18(24)28-15-8-6-5-7-14(15)20-17(23)12-9-10-13(19)16(11-12)29(25,26)22(3)27-4/h5-11H,1-4H3,(H,20,23). The first kappa shape index (κ1) is 23.2. The number of hydrogen-bond donors (Lipinski definition) is 1. The van der Waals surface area contributed by atoms with E-state index in [1.54, 1.807) is 38.4 Å². The number of nitrogens with zero attached hydrogens (tertiary/aromatic N) is 2. The fourth-order valence-corrected chi connectivity index (χ4v) is 4.34. The highest BCUT2D eigenvalue weighted by molar-refractivity contribution is 8.13. The topological polar surface area (TPSA) is 96.0 Å². The monoisotopic (exact) mass is 457 g/mol. The van der Waals surface area contributed by atoms with E-state index >= 15 is 0 Å². The second-order valence-electron chi connectivity index (χ2n) is 5.96. The number of benzene rings is 2. The summed E-state index contributed by atoms with van der Waals surface area (Å²) in [5, 5.41) is 2.46. The van der Waals surface area contributed by atoms with Gasteiger partial charge >= 0.3 is 0 Å². The van der Waals surface area contributed by atoms with Gasteiger partial charge in [-0.1, -0.05) is 28.2 Å². The van der Waals surface area contributed by atoms with Crippen LogP contribution in [-0.2, 0) is 14.9 Å². The molecule has 1 N–H and O–H groups in total. The van der Waals surface area contributed by atoms with E-state index in [1.807, 2.05) is 0 Å². The molecule has 11 heteroatoms. The number of amides is 2. The summed E-state index contributed by atoms with van der Waals surface area (Å²) < 4.78 is 25.6. The van der Waals surface area contributed by atoms with Crippen molar-refractivity contribution in [3.05, 3.63) is 53.1 Å². The molecule has 0 atom stereocenters. The van der Waals surface area contributed by atoms with Crippen LogP contribution in [0.25, 0.3) is 0 Å². The summed E-state index contributed by atoms with van der Waals surface area (Å²) in [5.41, 5.74) is 0.502. The van der Waals surface area contributed by atoms with Crippen LogP contribution in [0.3, 0.4) is 0 Å². The molecule has 8 nitrogen and oxygen atoms in total. The highest BCUT2D eigenvalue weighted by atomic mass is 35.5. The van der Waals surface area contributed by atoms with Crippen molar-refractivity contribution in [2.24, 2.45) is 0 Å². The van der Waals surface area contributed by atoms with Crippen LogP contribution in [0.1, 0.15) is 10.4 Å². The molecule has 0 aliphatic carbocycles. The number of para-hydroxylation sites is 1. The number of anilines is 1. The fraction of sp³-hybridized carbons (Fsp3) is 0.222. The molecule has 156 valence electrons. The summed E-state index contributed by atoms with van der Waals surface area (Å²) in [7, 11) is 1.64. The fourth-order valence-electron chi connectivity index (χ4n) is 2.12. The van der Waals surface area contributed by atoms with Crippen LogP contribution >= 0.6 is 23.4 Å². The Morgan fingerprint density at radius 2 is 1.76 bits per heavy atom. The predicted molar refractivity (Wildman–Crippen MR) is 113 cm³/mol. The average molecular weight is 458 g/mol. The van der Waals surface area contributed by atoms with Crippen molar-refractivity contribution < 1.29 is 22.8 Å². The first-order valence-electron chi connectivity index (χ1n) is 8.20. The number of carbonyl (C=O) groups is 2. The molecule has 2 aromatic carbocycles. The minimum Gasteiger partial charge on any atom is -0.339 e. The van der Waals surface area contributed by atoms with Gasteiger partial charge < -0.3 is 10.2 Å². The lowest BCUT2D eigenvalue weighted by molar-refractivity contribution is -0.0258. The second kappa shape index (κ2) is 9.59. The molecule has 0 bridgehead atoms. The maximum absolute atomic E-state index is 12.7. The van der Waals surface area contributed by atoms with Crippen molar-refractivity contribution >= 4 is 50.2 Å². The third-order valence-corrected chi connectivity index (χ3v) is 7.04. The van der Waals surface area contributed by atoms with Crippen molar-refractivity contribution in [1.82, 2.24) is 9.37 Å². The smallest absolute Gasteiger partial charge is 0.286 e. The summed E-state index contributed by atoms with van der Waals surface area (Å²) >= 11 is 6.98. The Bertz CT molecular complexity index is 1030. The zero-order valence-corrected chi connectivity index (χ0v) is 18.6. The molecule has 0 saturated carbocycles. The van der Waals surface area contributed by atoms with Gasteiger partial charge in [0.15, 0.2) is 0 Å². The molecule has 0 unspecified atom stereocenters. The third kappa shape index (κ3) is 5.49. The van der Waals surface area contributed by atoms with Gasteiger partial charge in [0, 0.05) is 31.6 Å². The minimum atomic E-state index is -4.04. The Balaban J connectivity index is 2.34. The van der Waals surface area contributed by atoms with E-state index in [0.717, 1.165) is 11.8 Å². The van der Waals surface area contributed by atoms with Crippen LogP contribution in [0.2, 0.25) is 5.02 Å². The summed E-state index contributed by atoms with van der Waals surface area (Å²) in [6, 6.07) is 10.7. The van der Waals surface area contributed by atoms with Crippen LogP contribution in [0.4, 0.5) is 10.5 Å². The molecule has 0 aliphatic rings. The zero-order valence-electron chi connectivity index (χ0n) is 16.2. The van der Waals surface area contributed by atoms with Crippen LogP contribution in [-0.4, -0.2) is 57.2 Å². The van der Waals surface area contributed by atoms with Gasteiger partial charge in [0.2, 0.25) is 0 Å². The molecule has 29 heavy (non-hydrogen) atoms. The van der Waals surface area contributed by atoms with E-state index < -0.39 is 15.9 Å². The lowest BCUT2D eigenvalue weighted by Gasteiger charge is -2.16. The van der Waals surface area contributed by atoms with E-state index in [9.17, 15) is 18.0 Å². The molecule has 2 aromatic rings. The molecule has 0 radical (unpaired) electrons. The summed E-state index contributed by atoms with van der Waals surface area (Å²) in [6.45, 7) is 0. The second-order valence-corrected chi connectivity index (χ2v) is 9.26. The van der Waals surface area contributed by atoms with Gasteiger partial charge in [0.25, 0.3) is 21.2 Å². The molecular formula is C18H20ClN3O5S2. The summed E-state index contributed by atoms with van der Waals surface area (Å²) in [6.07, 6.45) is 0. The van der Waals surface area contributed by atoms with E-state index in [-0.39, 0.29) is 20.7 Å². The van der Waals surface area contributed by atoms with Crippen molar-refractivity contribution in [3.8, 4) is 0 Å². The minimum absolute atomic E-state index is 0.0435. The molecule has 0 aliphatic heterocycles. The molecular weight excluding hydrogens is 438 g/mol. The van der Waals surface area contributed by atoms with Gasteiger partial charge in [0.05, 0.1) is 17.8 Å². The highest BCUT2D eigenvalue weighted by Crippen LogP contribution is 2.30. The molecule has 0 saturated heterocycles. The largest absolute Gasteiger partial charge is 0.339 e. The lowest BCUT2D eigenvalue weighted by Crippen LogP contribution is -2.26. The Hall–Kier alpha value is -2.11. The lowest BCUT2D eigenvalue weighted by atomic mass is 10.2. The number of rotatable bonds is 6. The molecule has 0 aromatic heterocycles. The maximum atomic E-state index is 12.7. The van der Waals surface area contributed by atoms with Crippen LogP contribution in [0, 0.1) is 0 Å². The molecule has 2 amide bonds. The van der Waals surface area contributed by atoms with Crippen LogP contribution in [0.5, 0.6) is 0 Å². The quantitative estimate of drug-likeness (QED) is 0.526. The molecule has 0 spiro atoms. The number of thioether (sulfide) groups is 1. The summed E-state index contributed by atoms with van der Waals surface area (Å²) in [5.74, 6) is -0.552. The van der Waals surface area contributed by atoms with Gasteiger partial charge in [-0.05, 0) is 42.1 Å². The van der Waals surface area contributed by atoms with Gasteiger partial charge in [0.1, 0.15) is 4.90 Å². The number of hydrogen-bond acceptors (Lipinski definition) is 6. The van der Waals surface area contributed by atoms with Gasteiger partial charge in [-0.25, -0.2) is 8.42 Å². The predicted octanol–water partition coefficient (Wildman–Crippen LogP) is 3.55. The first-order valence-corrected chi connectivity index (χ1v) is 10.8. The summed E-state index contributed by atoms with van der Waals surface area (Å²) in [4.78, 5) is 31.2. The van der Waals surface area contributed by atoms with Gasteiger partial charge in [-0.15, -0.1) is 0 Å². The van der Waals surface area contributed by atoms with E-state index in [4.69, 9.17) is 16.4 Å². The van der Waals surface area contributed by atoms with Crippen molar-refractivity contribution in [1.29, 1.82) is 0 Å². The number of nitrogens with one attached hydrogen (secondary N) is 1. The first-order chi connectivity index (χ1) is 13.6. The molecule has 2 rings (SSSR count). The normalized spacial score (nSPS) is 11.4. The maximum Gasteiger partial charge on any atom is 0.286 e. The third-order valence-electron chi connectivity index (χ3n) is 3.76. The Kier molecular flexibility index (Phi) is 7.66. The van der Waals surface area contributed by atoms with Crippen LogP contribution in [0.15, 0.2) is 52.3 Å². The highest BCUT2D eigenvalue weighted by Gasteiger charge is 2.25. The Morgan fingerprint density at radius 3 is 2.38 bits per heavy atom. The number of carbonyl (C=O) groups excluding carboxylic acids is 2. The Labute approximate surface area is 178 Å². The van der Waals surface area contributed by atoms with Crippen molar-refractivity contribution in [3.63, 3.8) is 0 Å². The zero-order chi connectivity index (χ0) is 21.8. The number of hydroxylamine groups is 1. The van der Waals surface area contributed by atoms with Crippen molar-refractivity contribution in [2.45, 2.75) is 9.79 Å². The Morgan fingerprint density at radius 1 is 1.10 bits per heavy atom. The average Bonchev–Trinajstić information content (AvgIpc) is 2.68.